The number of likely N-dealkylation sites (tertiary alicyclic amines) is 1. The molecule has 0 atom stereocenters. The first-order chi connectivity index (χ1) is 17.4. The van der Waals surface area contributed by atoms with Gasteiger partial charge in [0.2, 0.25) is 0 Å². The van der Waals surface area contributed by atoms with Crippen LogP contribution in [0, 0.1) is 13.8 Å². The number of rotatable bonds is 5. The molecule has 3 heterocycles. The smallest absolute Gasteiger partial charge is 0.252 e. The van der Waals surface area contributed by atoms with Crippen molar-refractivity contribution in [1.29, 1.82) is 0 Å². The fourth-order valence-corrected chi connectivity index (χ4v) is 5.11. The van der Waals surface area contributed by atoms with Gasteiger partial charge >= 0.3 is 0 Å². The van der Waals surface area contributed by atoms with Gasteiger partial charge in [0, 0.05) is 22.7 Å². The Bertz CT molecular complexity index is 1410. The molecule has 0 spiro atoms. The number of methoxy groups -OCH3 is 1. The van der Waals surface area contributed by atoms with Gasteiger partial charge in [0.1, 0.15) is 15.8 Å². The molecule has 0 unspecified atom stereocenters. The first kappa shape index (κ1) is 24.3. The molecule has 7 nitrogen and oxygen atoms in total. The summed E-state index contributed by atoms with van der Waals surface area (Å²) in [6.07, 6.45) is 4.96. The van der Waals surface area contributed by atoms with Crippen molar-refractivity contribution in [2.45, 2.75) is 38.6 Å². The van der Waals surface area contributed by atoms with E-state index >= 15 is 0 Å². The standard InChI is InChI=1S/C24H22N4O2S.C4H9N/c1-14-6-7-17(30-3)13-19(14)22(29)26-24(8-9-24)20-11-16(23-28-27-15(2)31-23)12-21-18(20)5-4-10-25-21;1-5-3-2-4-5/h4-7,10-13H,8-9H2,1-3H3,(H,26,29);2-4H2,1H3. The molecule has 1 aliphatic carbocycles. The number of carbonyl (C=O) groups excluding carboxylic acids is 1. The van der Waals surface area contributed by atoms with Gasteiger partial charge < -0.3 is 15.0 Å². The summed E-state index contributed by atoms with van der Waals surface area (Å²) >= 11 is 1.55. The van der Waals surface area contributed by atoms with E-state index in [2.05, 4.69) is 44.6 Å². The molecule has 1 N–H and O–H groups in total. The molecular weight excluding hydrogens is 470 g/mol. The number of carbonyl (C=O) groups is 1. The van der Waals surface area contributed by atoms with E-state index in [4.69, 9.17) is 4.74 Å². The second-order valence-corrected chi connectivity index (χ2v) is 10.8. The molecule has 0 radical (unpaired) electrons. The van der Waals surface area contributed by atoms with Gasteiger partial charge in [-0.25, -0.2) is 0 Å². The van der Waals surface area contributed by atoms with Gasteiger partial charge in [0.25, 0.3) is 5.91 Å². The van der Waals surface area contributed by atoms with E-state index < -0.39 is 5.54 Å². The number of aromatic nitrogens is 3. The van der Waals surface area contributed by atoms with Gasteiger partial charge in [-0.2, -0.15) is 0 Å². The average molecular weight is 502 g/mol. The van der Waals surface area contributed by atoms with Gasteiger partial charge in [0.15, 0.2) is 0 Å². The van der Waals surface area contributed by atoms with Crippen LogP contribution < -0.4 is 10.1 Å². The number of hydrogen-bond acceptors (Lipinski definition) is 7. The normalized spacial score (nSPS) is 16.0. The number of pyridine rings is 1. The highest BCUT2D eigenvalue weighted by Crippen LogP contribution is 2.49. The zero-order valence-electron chi connectivity index (χ0n) is 21.2. The largest absolute Gasteiger partial charge is 0.497 e. The van der Waals surface area contributed by atoms with Crippen LogP contribution in [0.1, 0.15) is 45.8 Å². The molecule has 2 aromatic carbocycles. The van der Waals surface area contributed by atoms with Crippen LogP contribution in [0.5, 0.6) is 5.75 Å². The Morgan fingerprint density at radius 3 is 2.50 bits per heavy atom. The highest BCUT2D eigenvalue weighted by molar-refractivity contribution is 7.14. The van der Waals surface area contributed by atoms with Crippen molar-refractivity contribution < 1.29 is 9.53 Å². The van der Waals surface area contributed by atoms with Gasteiger partial charge in [-0.15, -0.1) is 10.2 Å². The van der Waals surface area contributed by atoms with E-state index in [-0.39, 0.29) is 5.91 Å². The van der Waals surface area contributed by atoms with Crippen LogP contribution in [0.25, 0.3) is 21.5 Å². The third-order valence-electron chi connectivity index (χ3n) is 6.88. The van der Waals surface area contributed by atoms with Crippen molar-refractivity contribution in [1.82, 2.24) is 25.4 Å². The second kappa shape index (κ2) is 9.95. The quantitative estimate of drug-likeness (QED) is 0.409. The number of ether oxygens (including phenoxy) is 1. The van der Waals surface area contributed by atoms with E-state index in [0.717, 1.165) is 50.5 Å². The molecular formula is C28H31N5O2S. The zero-order valence-corrected chi connectivity index (χ0v) is 22.0. The number of nitrogens with zero attached hydrogens (tertiary/aromatic N) is 4. The Labute approximate surface area is 215 Å². The predicted molar refractivity (Wildman–Crippen MR) is 144 cm³/mol. The molecule has 1 aliphatic heterocycles. The minimum atomic E-state index is -0.413. The highest BCUT2D eigenvalue weighted by Gasteiger charge is 2.47. The summed E-state index contributed by atoms with van der Waals surface area (Å²) in [7, 11) is 3.75. The van der Waals surface area contributed by atoms with Crippen LogP contribution >= 0.6 is 11.3 Å². The van der Waals surface area contributed by atoms with Crippen LogP contribution in [0.15, 0.2) is 48.7 Å². The van der Waals surface area contributed by atoms with Crippen molar-refractivity contribution >= 4 is 28.1 Å². The second-order valence-electron chi connectivity index (χ2n) is 9.59. The number of amides is 1. The fraction of sp³-hybridized carbons (Fsp3) is 0.357. The van der Waals surface area contributed by atoms with Crippen LogP contribution in [0.3, 0.4) is 0 Å². The third-order valence-corrected chi connectivity index (χ3v) is 7.77. The number of aryl methyl sites for hydroxylation is 2. The SMILES string of the molecule is CN1CCC1.COc1ccc(C)c(C(=O)NC2(c3cc(-c4nnc(C)s4)cc4ncccc34)CC2)c1. The lowest BCUT2D eigenvalue weighted by Gasteiger charge is -2.24. The Hall–Kier alpha value is -3.36. The lowest BCUT2D eigenvalue weighted by atomic mass is 9.96. The van der Waals surface area contributed by atoms with Gasteiger partial charge in [-0.1, -0.05) is 23.5 Å². The molecule has 8 heteroatoms. The lowest BCUT2D eigenvalue weighted by Crippen LogP contribution is -2.35. The summed E-state index contributed by atoms with van der Waals surface area (Å²) < 4.78 is 5.31. The highest BCUT2D eigenvalue weighted by atomic mass is 32.1. The molecule has 1 amide bonds. The fourth-order valence-electron chi connectivity index (χ4n) is 4.43. The van der Waals surface area contributed by atoms with Crippen molar-refractivity contribution in [3.05, 3.63) is 70.4 Å². The van der Waals surface area contributed by atoms with Gasteiger partial charge in [-0.3, -0.25) is 9.78 Å². The molecule has 2 fully saturated rings. The van der Waals surface area contributed by atoms with Crippen LogP contribution in [-0.2, 0) is 5.54 Å². The first-order valence-electron chi connectivity index (χ1n) is 12.2. The van der Waals surface area contributed by atoms with Crippen LogP contribution in [-0.4, -0.2) is 53.2 Å². The maximum atomic E-state index is 13.3. The zero-order chi connectivity index (χ0) is 25.3. The van der Waals surface area contributed by atoms with E-state index in [1.165, 1.54) is 19.5 Å². The maximum absolute atomic E-state index is 13.3. The number of nitrogens with one attached hydrogen (secondary N) is 1. The third kappa shape index (κ3) is 4.96. The van der Waals surface area contributed by atoms with Crippen molar-refractivity contribution in [2.75, 3.05) is 27.2 Å². The van der Waals surface area contributed by atoms with Crippen LogP contribution in [0.2, 0.25) is 0 Å². The number of hydrogen-bond donors (Lipinski definition) is 1. The maximum Gasteiger partial charge on any atom is 0.252 e. The molecule has 0 bridgehead atoms. The van der Waals surface area contributed by atoms with E-state index in [1.54, 1.807) is 30.7 Å². The van der Waals surface area contributed by atoms with Crippen molar-refractivity contribution in [3.63, 3.8) is 0 Å². The minimum Gasteiger partial charge on any atom is -0.497 e. The Morgan fingerprint density at radius 1 is 1.11 bits per heavy atom. The Kier molecular flexibility index (Phi) is 6.73. The lowest BCUT2D eigenvalue weighted by molar-refractivity contribution is 0.0930. The summed E-state index contributed by atoms with van der Waals surface area (Å²) in [6, 6.07) is 13.7. The van der Waals surface area contributed by atoms with E-state index in [9.17, 15) is 4.79 Å². The van der Waals surface area contributed by atoms with E-state index in [1.807, 2.05) is 38.1 Å². The molecule has 4 aromatic rings. The molecule has 1 saturated carbocycles. The molecule has 2 aromatic heterocycles. The summed E-state index contributed by atoms with van der Waals surface area (Å²) in [6.45, 7) is 6.52. The summed E-state index contributed by atoms with van der Waals surface area (Å²) in [5.41, 5.74) is 4.08. The monoisotopic (exact) mass is 501 g/mol. The first-order valence-corrected chi connectivity index (χ1v) is 13.1. The van der Waals surface area contributed by atoms with E-state index in [0.29, 0.717) is 11.3 Å². The van der Waals surface area contributed by atoms with Crippen molar-refractivity contribution in [2.24, 2.45) is 0 Å². The Morgan fingerprint density at radius 2 is 1.89 bits per heavy atom. The topological polar surface area (TPSA) is 80.2 Å². The Balaban J connectivity index is 0.000000477. The molecule has 2 aliphatic rings. The minimum absolute atomic E-state index is 0.0943. The van der Waals surface area contributed by atoms with Gasteiger partial charge in [-0.05, 0) is 94.7 Å². The molecule has 1 saturated heterocycles. The van der Waals surface area contributed by atoms with Crippen molar-refractivity contribution in [3.8, 4) is 16.3 Å². The molecule has 186 valence electrons. The predicted octanol–water partition coefficient (Wildman–Crippen LogP) is 5.12. The summed E-state index contributed by atoms with van der Waals surface area (Å²) in [5.74, 6) is 0.576. The van der Waals surface area contributed by atoms with Crippen LogP contribution in [0.4, 0.5) is 0 Å². The number of benzene rings is 2. The summed E-state index contributed by atoms with van der Waals surface area (Å²) in [4.78, 5) is 20.1. The summed E-state index contributed by atoms with van der Waals surface area (Å²) in [5, 5.41) is 14.6. The molecule has 36 heavy (non-hydrogen) atoms. The number of fused-ring (bicyclic) bond motifs is 1. The van der Waals surface area contributed by atoms with Gasteiger partial charge in [0.05, 0.1) is 18.2 Å². The molecule has 6 rings (SSSR count). The average Bonchev–Trinajstić information content (AvgIpc) is 3.52.